The van der Waals surface area contributed by atoms with Crippen LogP contribution in [0.5, 0.6) is 5.75 Å². The van der Waals surface area contributed by atoms with E-state index in [2.05, 4.69) is 51.7 Å². The number of aryl methyl sites for hydroxylation is 1. The summed E-state index contributed by atoms with van der Waals surface area (Å²) in [6.07, 6.45) is 8.65. The first kappa shape index (κ1) is 28.9. The van der Waals surface area contributed by atoms with Gasteiger partial charge in [0, 0.05) is 57.9 Å². The van der Waals surface area contributed by atoms with E-state index >= 15 is 0 Å². The number of nitrogens with zero attached hydrogens (tertiary/aromatic N) is 4. The molecule has 1 aliphatic heterocycles. The molecule has 0 spiro atoms. The van der Waals surface area contributed by atoms with Gasteiger partial charge in [0.2, 0.25) is 0 Å². The molecule has 6 rings (SSSR count). The van der Waals surface area contributed by atoms with Crippen molar-refractivity contribution in [3.63, 3.8) is 0 Å². The number of amides is 1. The molecule has 43 heavy (non-hydrogen) atoms. The van der Waals surface area contributed by atoms with Gasteiger partial charge in [0.1, 0.15) is 17.3 Å². The SMILES string of the molecule is COc1cc(-c2csc3c(C=CCN(C)C4CCN(C)CC4)cnc(N)c23)ccc1NC(=O)c1cc2ccccc2n1C. The predicted octanol–water partition coefficient (Wildman–Crippen LogP) is 6.34. The number of carbonyl (C=O) groups is 1. The van der Waals surface area contributed by atoms with Crippen LogP contribution in [-0.2, 0) is 7.05 Å². The number of thiophene rings is 1. The lowest BCUT2D eigenvalue weighted by atomic mass is 10.0. The zero-order chi connectivity index (χ0) is 30.1. The molecular formula is C34H38N6O2S. The van der Waals surface area contributed by atoms with Crippen molar-refractivity contribution in [1.29, 1.82) is 0 Å². The van der Waals surface area contributed by atoms with Crippen LogP contribution in [0.3, 0.4) is 0 Å². The Morgan fingerprint density at radius 3 is 2.74 bits per heavy atom. The highest BCUT2D eigenvalue weighted by Gasteiger charge is 2.20. The largest absolute Gasteiger partial charge is 0.495 e. The highest BCUT2D eigenvalue weighted by molar-refractivity contribution is 7.18. The standard InChI is InChI=1S/C34H38N6O2S/c1-38-16-13-25(14-17-38)39(2)15-7-9-24-20-36-33(35)31-26(21-43-32(24)31)22-11-12-27(30(19-22)42-4)37-34(41)29-18-23-8-5-6-10-28(23)40(29)3/h5-12,18-21,25H,13-17H2,1-4H3,(H2,35,36)(H,37,41). The summed E-state index contributed by atoms with van der Waals surface area (Å²) < 4.78 is 8.73. The van der Waals surface area contributed by atoms with Crippen LogP contribution in [0.15, 0.2) is 66.2 Å². The van der Waals surface area contributed by atoms with Crippen molar-refractivity contribution < 1.29 is 9.53 Å². The monoisotopic (exact) mass is 594 g/mol. The normalized spacial score (nSPS) is 14.8. The van der Waals surface area contributed by atoms with Gasteiger partial charge in [0.05, 0.1) is 12.8 Å². The highest BCUT2D eigenvalue weighted by atomic mass is 32.1. The Bertz CT molecular complexity index is 1810. The number of nitrogens with one attached hydrogen (secondary N) is 1. The van der Waals surface area contributed by atoms with Crippen LogP contribution in [0.4, 0.5) is 11.5 Å². The molecule has 9 heteroatoms. The quantitative estimate of drug-likeness (QED) is 0.218. The summed E-state index contributed by atoms with van der Waals surface area (Å²) in [4.78, 5) is 22.6. The average molecular weight is 595 g/mol. The third-order valence-electron chi connectivity index (χ3n) is 8.60. The molecule has 0 atom stereocenters. The predicted molar refractivity (Wildman–Crippen MR) is 179 cm³/mol. The maximum Gasteiger partial charge on any atom is 0.272 e. The first-order valence-corrected chi connectivity index (χ1v) is 15.5. The summed E-state index contributed by atoms with van der Waals surface area (Å²) in [5.41, 5.74) is 11.6. The Morgan fingerprint density at radius 2 is 1.98 bits per heavy atom. The van der Waals surface area contributed by atoms with Crippen molar-refractivity contribution in [2.75, 3.05) is 51.9 Å². The molecular weight excluding hydrogens is 556 g/mol. The molecule has 1 fully saturated rings. The maximum absolute atomic E-state index is 13.3. The third kappa shape index (κ3) is 5.76. The first-order valence-electron chi connectivity index (χ1n) is 14.6. The maximum atomic E-state index is 13.3. The number of likely N-dealkylation sites (tertiary alicyclic amines) is 1. The summed E-state index contributed by atoms with van der Waals surface area (Å²) in [5, 5.41) is 7.11. The number of pyridine rings is 1. The van der Waals surface area contributed by atoms with Crippen LogP contribution >= 0.6 is 11.3 Å². The topological polar surface area (TPSA) is 88.7 Å². The van der Waals surface area contributed by atoms with E-state index in [-0.39, 0.29) is 5.91 Å². The van der Waals surface area contributed by atoms with Gasteiger partial charge >= 0.3 is 0 Å². The number of piperidine rings is 1. The Kier molecular flexibility index (Phi) is 8.21. The molecule has 1 saturated heterocycles. The summed E-state index contributed by atoms with van der Waals surface area (Å²) in [6.45, 7) is 3.20. The molecule has 3 aromatic heterocycles. The average Bonchev–Trinajstić information content (AvgIpc) is 3.61. The fourth-order valence-corrected chi connectivity index (χ4v) is 7.08. The Hall–Kier alpha value is -4.18. The van der Waals surface area contributed by atoms with Gasteiger partial charge in [-0.2, -0.15) is 0 Å². The number of anilines is 2. The molecule has 0 bridgehead atoms. The number of rotatable bonds is 8. The zero-order valence-corrected chi connectivity index (χ0v) is 25.9. The lowest BCUT2D eigenvalue weighted by Gasteiger charge is -2.34. The fourth-order valence-electron chi connectivity index (χ4n) is 6.00. The minimum atomic E-state index is -0.197. The molecule has 5 aromatic rings. The van der Waals surface area contributed by atoms with E-state index in [9.17, 15) is 4.79 Å². The number of methoxy groups -OCH3 is 1. The lowest BCUT2D eigenvalue weighted by molar-refractivity contribution is 0.101. The van der Waals surface area contributed by atoms with E-state index in [0.717, 1.165) is 57.3 Å². The van der Waals surface area contributed by atoms with E-state index in [1.807, 2.05) is 66.3 Å². The van der Waals surface area contributed by atoms with Gasteiger partial charge in [-0.25, -0.2) is 4.98 Å². The second-order valence-electron chi connectivity index (χ2n) is 11.3. The number of hydrogen-bond acceptors (Lipinski definition) is 7. The number of likely N-dealkylation sites (N-methyl/N-ethyl adjacent to an activating group) is 1. The van der Waals surface area contributed by atoms with Crippen LogP contribution in [0.1, 0.15) is 28.9 Å². The van der Waals surface area contributed by atoms with Gasteiger partial charge in [0.15, 0.2) is 0 Å². The molecule has 1 amide bonds. The number of ether oxygens (including phenoxy) is 1. The summed E-state index contributed by atoms with van der Waals surface area (Å²) in [7, 11) is 7.91. The summed E-state index contributed by atoms with van der Waals surface area (Å²) in [5.74, 6) is 0.875. The van der Waals surface area contributed by atoms with E-state index in [4.69, 9.17) is 10.5 Å². The van der Waals surface area contributed by atoms with Crippen LogP contribution in [0, 0.1) is 0 Å². The number of hydrogen-bond donors (Lipinski definition) is 2. The van der Waals surface area contributed by atoms with Gasteiger partial charge in [0.25, 0.3) is 5.91 Å². The van der Waals surface area contributed by atoms with Crippen molar-refractivity contribution in [2.24, 2.45) is 7.05 Å². The second kappa shape index (κ2) is 12.2. The third-order valence-corrected chi connectivity index (χ3v) is 9.63. The molecule has 3 N–H and O–H groups in total. The molecule has 2 aromatic carbocycles. The minimum Gasteiger partial charge on any atom is -0.495 e. The fraction of sp³-hybridized carbons (Fsp3) is 0.294. The lowest BCUT2D eigenvalue weighted by Crippen LogP contribution is -2.41. The number of benzene rings is 2. The Labute approximate surface area is 256 Å². The van der Waals surface area contributed by atoms with Crippen molar-refractivity contribution >= 4 is 55.8 Å². The van der Waals surface area contributed by atoms with Gasteiger partial charge in [-0.1, -0.05) is 36.4 Å². The van der Waals surface area contributed by atoms with E-state index in [0.29, 0.717) is 29.0 Å². The van der Waals surface area contributed by atoms with Gasteiger partial charge in [-0.3, -0.25) is 9.69 Å². The molecule has 1 aliphatic rings. The number of fused-ring (bicyclic) bond motifs is 2. The van der Waals surface area contributed by atoms with E-state index in [1.165, 1.54) is 12.8 Å². The number of aromatic nitrogens is 2. The molecule has 8 nitrogen and oxygen atoms in total. The van der Waals surface area contributed by atoms with Crippen molar-refractivity contribution in [1.82, 2.24) is 19.4 Å². The van der Waals surface area contributed by atoms with Crippen LogP contribution < -0.4 is 15.8 Å². The van der Waals surface area contributed by atoms with Gasteiger partial charge in [-0.15, -0.1) is 11.3 Å². The summed E-state index contributed by atoms with van der Waals surface area (Å²) >= 11 is 1.66. The van der Waals surface area contributed by atoms with E-state index < -0.39 is 0 Å². The first-order chi connectivity index (χ1) is 20.8. The molecule has 0 saturated carbocycles. The smallest absolute Gasteiger partial charge is 0.272 e. The molecule has 0 radical (unpaired) electrons. The van der Waals surface area contributed by atoms with Crippen molar-refractivity contribution in [2.45, 2.75) is 18.9 Å². The molecule has 222 valence electrons. The number of nitrogens with two attached hydrogens (primary N) is 1. The van der Waals surface area contributed by atoms with Crippen molar-refractivity contribution in [3.05, 3.63) is 77.4 Å². The Balaban J connectivity index is 1.23. The van der Waals surface area contributed by atoms with Crippen molar-refractivity contribution in [3.8, 4) is 16.9 Å². The van der Waals surface area contributed by atoms with Crippen LogP contribution in [0.25, 0.3) is 38.2 Å². The molecule has 4 heterocycles. The number of para-hydroxylation sites is 1. The molecule has 0 unspecified atom stereocenters. The van der Waals surface area contributed by atoms with Crippen LogP contribution in [-0.4, -0.2) is 72.1 Å². The summed E-state index contributed by atoms with van der Waals surface area (Å²) in [6, 6.07) is 16.3. The number of carbonyl (C=O) groups excluding carboxylic acids is 1. The second-order valence-corrected chi connectivity index (χ2v) is 12.2. The van der Waals surface area contributed by atoms with Gasteiger partial charge in [-0.05, 0) is 75.2 Å². The molecule has 0 aliphatic carbocycles. The van der Waals surface area contributed by atoms with Crippen LogP contribution in [0.2, 0.25) is 0 Å². The van der Waals surface area contributed by atoms with Gasteiger partial charge < -0.3 is 25.3 Å². The minimum absolute atomic E-state index is 0.197. The Morgan fingerprint density at radius 1 is 1.19 bits per heavy atom. The van der Waals surface area contributed by atoms with E-state index in [1.54, 1.807) is 18.4 Å². The zero-order valence-electron chi connectivity index (χ0n) is 25.1. The number of nitrogen functional groups attached to an aromatic ring is 1. The highest BCUT2D eigenvalue weighted by Crippen LogP contribution is 2.41.